The van der Waals surface area contributed by atoms with E-state index >= 15 is 0 Å². The van der Waals surface area contributed by atoms with E-state index in [1.807, 2.05) is 0 Å². The number of sulfonamides is 1. The third-order valence-electron chi connectivity index (χ3n) is 5.56. The maximum absolute atomic E-state index is 12.5. The van der Waals surface area contributed by atoms with Gasteiger partial charge in [0.1, 0.15) is 11.4 Å². The molecule has 3 rings (SSSR count). The molecule has 1 saturated carbocycles. The molecule has 29 heavy (non-hydrogen) atoms. The standard InChI is InChI=1S/C19H27N5O4S/c1-24(19(18(20)26)9-2-3-10-19)13-17(25)22-14-6-4-7-15(12-14)29(27,28)23-16-8-5-11-21-16/h4,6-7,12H,2-3,5,8-11,13H2,1H3,(H2,20,26)(H,21,23)(H,22,25). The van der Waals surface area contributed by atoms with Gasteiger partial charge in [-0.15, -0.1) is 0 Å². The number of rotatable bonds is 7. The molecular formula is C19H27N5O4S. The molecular weight excluding hydrogens is 394 g/mol. The van der Waals surface area contributed by atoms with Crippen molar-refractivity contribution in [3.05, 3.63) is 24.3 Å². The van der Waals surface area contributed by atoms with Crippen LogP contribution < -0.4 is 15.8 Å². The Balaban J connectivity index is 1.66. The van der Waals surface area contributed by atoms with Crippen LogP contribution in [0.5, 0.6) is 0 Å². The first-order chi connectivity index (χ1) is 13.7. The average molecular weight is 422 g/mol. The van der Waals surface area contributed by atoms with Crippen molar-refractivity contribution in [2.24, 2.45) is 10.7 Å². The zero-order valence-corrected chi connectivity index (χ0v) is 17.3. The zero-order valence-electron chi connectivity index (χ0n) is 16.5. The highest BCUT2D eigenvalue weighted by Gasteiger charge is 2.43. The topological polar surface area (TPSA) is 134 Å². The first-order valence-corrected chi connectivity index (χ1v) is 11.2. The van der Waals surface area contributed by atoms with Crippen LogP contribution in [-0.4, -0.2) is 56.6 Å². The Morgan fingerprint density at radius 3 is 2.59 bits per heavy atom. The zero-order chi connectivity index (χ0) is 21.1. The SMILES string of the molecule is CN(CC(=O)Nc1cccc(S(=O)(=O)NC2=NCCC2)c1)C1(C(N)=O)CCCC1. The lowest BCUT2D eigenvalue weighted by Crippen LogP contribution is -2.56. The molecule has 0 spiro atoms. The molecule has 1 aliphatic carbocycles. The van der Waals surface area contributed by atoms with Gasteiger partial charge in [0.25, 0.3) is 10.0 Å². The summed E-state index contributed by atoms with van der Waals surface area (Å²) in [6.07, 6.45) is 4.49. The number of benzene rings is 1. The van der Waals surface area contributed by atoms with E-state index in [4.69, 9.17) is 5.73 Å². The number of hydrogen-bond donors (Lipinski definition) is 3. The third-order valence-corrected chi connectivity index (χ3v) is 6.93. The second-order valence-corrected chi connectivity index (χ2v) is 9.25. The number of amidine groups is 1. The molecule has 0 bridgehead atoms. The Bertz CT molecular complexity index is 922. The summed E-state index contributed by atoms with van der Waals surface area (Å²) in [5.41, 5.74) is 5.16. The van der Waals surface area contributed by atoms with Gasteiger partial charge in [-0.05, 0) is 44.5 Å². The smallest absolute Gasteiger partial charge is 0.262 e. The fourth-order valence-electron chi connectivity index (χ4n) is 3.92. The lowest BCUT2D eigenvalue weighted by Gasteiger charge is -2.35. The summed E-state index contributed by atoms with van der Waals surface area (Å²) >= 11 is 0. The molecule has 1 fully saturated rings. The van der Waals surface area contributed by atoms with Gasteiger partial charge in [0, 0.05) is 18.7 Å². The molecule has 0 radical (unpaired) electrons. The summed E-state index contributed by atoms with van der Waals surface area (Å²) in [5.74, 6) is -0.309. The number of nitrogens with two attached hydrogens (primary N) is 1. The molecule has 10 heteroatoms. The Hall–Kier alpha value is -2.46. The van der Waals surface area contributed by atoms with Gasteiger partial charge >= 0.3 is 0 Å². The summed E-state index contributed by atoms with van der Waals surface area (Å²) in [4.78, 5) is 30.3. The van der Waals surface area contributed by atoms with E-state index in [1.54, 1.807) is 24.1 Å². The number of aliphatic imine (C=N–C) groups is 1. The van der Waals surface area contributed by atoms with Crippen LogP contribution in [0.15, 0.2) is 34.2 Å². The van der Waals surface area contributed by atoms with Crippen molar-refractivity contribution < 1.29 is 18.0 Å². The predicted octanol–water partition coefficient (Wildman–Crippen LogP) is 0.826. The summed E-state index contributed by atoms with van der Waals surface area (Å²) in [6.45, 7) is 0.600. The van der Waals surface area contributed by atoms with Crippen LogP contribution in [0.2, 0.25) is 0 Å². The molecule has 0 aromatic heterocycles. The first kappa shape index (κ1) is 21.3. The summed E-state index contributed by atoms with van der Waals surface area (Å²) in [6, 6.07) is 6.03. The molecule has 0 atom stereocenters. The van der Waals surface area contributed by atoms with Crippen LogP contribution in [-0.2, 0) is 19.6 Å². The minimum absolute atomic E-state index is 0.0189. The molecule has 1 heterocycles. The van der Waals surface area contributed by atoms with Crippen molar-refractivity contribution in [1.82, 2.24) is 9.62 Å². The van der Waals surface area contributed by atoms with Gasteiger partial charge in [0.15, 0.2) is 0 Å². The average Bonchev–Trinajstić information content (AvgIpc) is 3.33. The van der Waals surface area contributed by atoms with E-state index < -0.39 is 21.5 Å². The van der Waals surface area contributed by atoms with Gasteiger partial charge in [-0.1, -0.05) is 18.9 Å². The number of nitrogens with one attached hydrogen (secondary N) is 2. The van der Waals surface area contributed by atoms with Crippen LogP contribution in [0.4, 0.5) is 5.69 Å². The molecule has 1 aromatic rings. The Morgan fingerprint density at radius 1 is 1.24 bits per heavy atom. The monoisotopic (exact) mass is 421 g/mol. The van der Waals surface area contributed by atoms with Crippen LogP contribution in [0.25, 0.3) is 0 Å². The van der Waals surface area contributed by atoms with Gasteiger partial charge in [-0.2, -0.15) is 0 Å². The minimum atomic E-state index is -3.76. The highest BCUT2D eigenvalue weighted by atomic mass is 32.2. The lowest BCUT2D eigenvalue weighted by molar-refractivity contribution is -0.130. The maximum Gasteiger partial charge on any atom is 0.262 e. The summed E-state index contributed by atoms with van der Waals surface area (Å²) in [5, 5.41) is 2.70. The number of hydrogen-bond acceptors (Lipinski definition) is 6. The predicted molar refractivity (Wildman–Crippen MR) is 110 cm³/mol. The van der Waals surface area contributed by atoms with Gasteiger partial charge in [-0.25, -0.2) is 8.42 Å². The number of primary amides is 1. The van der Waals surface area contributed by atoms with E-state index in [9.17, 15) is 18.0 Å². The molecule has 0 unspecified atom stereocenters. The second kappa shape index (κ2) is 8.50. The van der Waals surface area contributed by atoms with Crippen molar-refractivity contribution in [3.8, 4) is 0 Å². The fraction of sp³-hybridized carbons (Fsp3) is 0.526. The number of likely N-dealkylation sites (N-methyl/N-ethyl adjacent to an activating group) is 1. The number of carbonyl (C=O) groups excluding carboxylic acids is 2. The molecule has 4 N–H and O–H groups in total. The fourth-order valence-corrected chi connectivity index (χ4v) is 5.06. The molecule has 158 valence electrons. The highest BCUT2D eigenvalue weighted by Crippen LogP contribution is 2.34. The molecule has 0 saturated heterocycles. The van der Waals surface area contributed by atoms with Gasteiger partial charge in [0.2, 0.25) is 11.8 Å². The van der Waals surface area contributed by atoms with Crippen LogP contribution in [0.3, 0.4) is 0 Å². The number of nitrogens with zero attached hydrogens (tertiary/aromatic N) is 2. The minimum Gasteiger partial charge on any atom is -0.368 e. The van der Waals surface area contributed by atoms with Gasteiger partial charge in [-0.3, -0.25) is 24.2 Å². The van der Waals surface area contributed by atoms with E-state index in [0.717, 1.165) is 19.3 Å². The normalized spacial score (nSPS) is 18.5. The summed E-state index contributed by atoms with van der Waals surface area (Å²) in [7, 11) is -2.05. The number of carbonyl (C=O) groups is 2. The van der Waals surface area contributed by atoms with E-state index in [-0.39, 0.29) is 17.3 Å². The van der Waals surface area contributed by atoms with Crippen molar-refractivity contribution in [2.75, 3.05) is 25.5 Å². The Labute approximate surface area is 170 Å². The van der Waals surface area contributed by atoms with E-state index in [1.165, 1.54) is 12.1 Å². The largest absolute Gasteiger partial charge is 0.368 e. The third kappa shape index (κ3) is 4.76. The molecule has 1 aromatic carbocycles. The molecule has 1 aliphatic heterocycles. The highest BCUT2D eigenvalue weighted by molar-refractivity contribution is 7.90. The molecule has 2 amide bonds. The molecule has 9 nitrogen and oxygen atoms in total. The Morgan fingerprint density at radius 2 is 1.97 bits per heavy atom. The van der Waals surface area contributed by atoms with Crippen molar-refractivity contribution in [2.45, 2.75) is 49.0 Å². The lowest BCUT2D eigenvalue weighted by atomic mass is 9.94. The molecule has 2 aliphatic rings. The first-order valence-electron chi connectivity index (χ1n) is 9.70. The van der Waals surface area contributed by atoms with E-state index in [2.05, 4.69) is 15.0 Å². The van der Waals surface area contributed by atoms with E-state index in [0.29, 0.717) is 37.3 Å². The maximum atomic E-state index is 12.5. The second-order valence-electron chi connectivity index (χ2n) is 7.57. The van der Waals surface area contributed by atoms with Gasteiger partial charge < -0.3 is 11.1 Å². The number of amides is 2. The number of anilines is 1. The van der Waals surface area contributed by atoms with Crippen LogP contribution in [0.1, 0.15) is 38.5 Å². The van der Waals surface area contributed by atoms with Gasteiger partial charge in [0.05, 0.1) is 11.4 Å². The van der Waals surface area contributed by atoms with Crippen molar-refractivity contribution >= 4 is 33.4 Å². The quantitative estimate of drug-likeness (QED) is 0.599. The van der Waals surface area contributed by atoms with Crippen molar-refractivity contribution in [3.63, 3.8) is 0 Å². The Kier molecular flexibility index (Phi) is 6.23. The summed E-state index contributed by atoms with van der Waals surface area (Å²) < 4.78 is 27.6. The van der Waals surface area contributed by atoms with Crippen LogP contribution in [0, 0.1) is 0 Å². The van der Waals surface area contributed by atoms with Crippen LogP contribution >= 0.6 is 0 Å². The van der Waals surface area contributed by atoms with Crippen molar-refractivity contribution in [1.29, 1.82) is 0 Å².